The van der Waals surface area contributed by atoms with Gasteiger partial charge in [-0.15, -0.1) is 11.3 Å². The number of anilines is 1. The van der Waals surface area contributed by atoms with Gasteiger partial charge < -0.3 is 14.2 Å². The number of nitrogens with zero attached hydrogens (tertiary/aromatic N) is 4. The molecule has 0 radical (unpaired) electrons. The topological polar surface area (TPSA) is 108 Å². The van der Waals surface area contributed by atoms with Crippen LogP contribution in [0, 0.1) is 19.7 Å². The third-order valence-electron chi connectivity index (χ3n) is 6.19. The number of ether oxygens (including phenoxy) is 3. The third-order valence-corrected chi connectivity index (χ3v) is 7.36. The summed E-state index contributed by atoms with van der Waals surface area (Å²) in [5.74, 6) is 0.938. The zero-order valence-corrected chi connectivity index (χ0v) is 21.6. The number of thiazole rings is 1. The molecule has 3 aromatic heterocycles. The van der Waals surface area contributed by atoms with E-state index in [1.54, 1.807) is 20.2 Å². The number of rotatable bonds is 5. The highest BCUT2D eigenvalue weighted by Gasteiger charge is 2.31. The maximum absolute atomic E-state index is 15.0. The van der Waals surface area contributed by atoms with Gasteiger partial charge in [-0.2, -0.15) is 0 Å². The molecule has 1 N–H and O–H groups in total. The zero-order valence-electron chi connectivity index (χ0n) is 20.7. The lowest BCUT2D eigenvalue weighted by atomic mass is 10.1. The molecular formula is C27H22FN5O4S. The van der Waals surface area contributed by atoms with Crippen molar-refractivity contribution >= 4 is 44.2 Å². The Morgan fingerprint density at radius 1 is 1.16 bits per heavy atom. The minimum atomic E-state index is -0.668. The molecule has 192 valence electrons. The molecule has 5 aromatic rings. The predicted molar refractivity (Wildman–Crippen MR) is 141 cm³/mol. The molecule has 9 nitrogen and oxygen atoms in total. The van der Waals surface area contributed by atoms with Crippen molar-refractivity contribution in [2.75, 3.05) is 19.0 Å². The van der Waals surface area contributed by atoms with Crippen molar-refractivity contribution in [3.05, 3.63) is 65.6 Å². The molecule has 11 heteroatoms. The van der Waals surface area contributed by atoms with E-state index in [4.69, 9.17) is 19.2 Å². The van der Waals surface area contributed by atoms with Crippen LogP contribution >= 0.6 is 11.3 Å². The number of benzene rings is 2. The van der Waals surface area contributed by atoms with Crippen LogP contribution in [0.4, 0.5) is 14.9 Å². The van der Waals surface area contributed by atoms with E-state index in [1.165, 1.54) is 29.8 Å². The van der Waals surface area contributed by atoms with Gasteiger partial charge in [-0.1, -0.05) is 0 Å². The molecule has 0 aliphatic carbocycles. The van der Waals surface area contributed by atoms with Crippen LogP contribution in [0.25, 0.3) is 31.7 Å². The Morgan fingerprint density at radius 3 is 2.76 bits per heavy atom. The van der Waals surface area contributed by atoms with Gasteiger partial charge in [0.15, 0.2) is 11.6 Å². The average Bonchev–Trinajstić information content (AvgIpc) is 3.53. The van der Waals surface area contributed by atoms with Crippen molar-refractivity contribution in [3.8, 4) is 22.1 Å². The summed E-state index contributed by atoms with van der Waals surface area (Å²) in [6.45, 7) is 3.71. The quantitative estimate of drug-likeness (QED) is 0.311. The molecule has 2 aromatic carbocycles. The molecule has 0 fully saturated rings. The molecule has 4 heterocycles. The second kappa shape index (κ2) is 9.49. The molecule has 0 unspecified atom stereocenters. The Morgan fingerprint density at radius 2 is 1.97 bits per heavy atom. The molecule has 0 saturated carbocycles. The van der Waals surface area contributed by atoms with Gasteiger partial charge in [-0.05, 0) is 37.6 Å². The van der Waals surface area contributed by atoms with Crippen molar-refractivity contribution < 1.29 is 23.4 Å². The molecule has 1 aliphatic heterocycles. The number of nitrogens with one attached hydrogen (secondary N) is 1. The van der Waals surface area contributed by atoms with Crippen LogP contribution < -0.4 is 14.8 Å². The number of aryl methyl sites for hydroxylation is 2. The Labute approximate surface area is 220 Å². The van der Waals surface area contributed by atoms with E-state index in [-0.39, 0.29) is 12.4 Å². The first-order chi connectivity index (χ1) is 18.4. The number of carbonyl (C=O) groups excluding carboxylic acids is 1. The van der Waals surface area contributed by atoms with Crippen LogP contribution in [0.5, 0.6) is 11.5 Å². The number of hydrogen-bond acceptors (Lipinski definition) is 9. The summed E-state index contributed by atoms with van der Waals surface area (Å²) in [6, 6.07) is 7.39. The average molecular weight is 532 g/mol. The Bertz CT molecular complexity index is 1710. The lowest BCUT2D eigenvalue weighted by Crippen LogP contribution is -2.25. The summed E-state index contributed by atoms with van der Waals surface area (Å²) in [5.41, 5.74) is 4.39. The normalized spacial score (nSPS) is 14.4. The number of hydrogen-bond donors (Lipinski definition) is 1. The number of amides is 1. The fourth-order valence-corrected chi connectivity index (χ4v) is 5.58. The van der Waals surface area contributed by atoms with Gasteiger partial charge in [-0.25, -0.2) is 24.1 Å². The van der Waals surface area contributed by atoms with Gasteiger partial charge in [0, 0.05) is 29.0 Å². The lowest BCUT2D eigenvalue weighted by Gasteiger charge is -2.12. The number of aromatic nitrogens is 4. The smallest absolute Gasteiger partial charge is 0.411 e. The van der Waals surface area contributed by atoms with Gasteiger partial charge in [0.25, 0.3) is 0 Å². The summed E-state index contributed by atoms with van der Waals surface area (Å²) in [7, 11) is 1.61. The van der Waals surface area contributed by atoms with Crippen LogP contribution in [0.1, 0.15) is 17.0 Å². The molecule has 38 heavy (non-hydrogen) atoms. The largest absolute Gasteiger partial charge is 0.495 e. The van der Waals surface area contributed by atoms with Crippen LogP contribution in [0.2, 0.25) is 0 Å². The predicted octanol–water partition coefficient (Wildman–Crippen LogP) is 5.62. The summed E-state index contributed by atoms with van der Waals surface area (Å²) in [4.78, 5) is 29.6. The van der Waals surface area contributed by atoms with Crippen LogP contribution in [-0.4, -0.2) is 45.8 Å². The zero-order chi connectivity index (χ0) is 26.4. The van der Waals surface area contributed by atoms with Gasteiger partial charge in [0.05, 0.1) is 47.1 Å². The van der Waals surface area contributed by atoms with Gasteiger partial charge in [0.2, 0.25) is 0 Å². The molecule has 0 saturated heterocycles. The number of methoxy groups -OCH3 is 1. The molecular weight excluding hydrogens is 509 g/mol. The summed E-state index contributed by atoms with van der Waals surface area (Å²) >= 11 is 1.46. The molecule has 1 atom stereocenters. The van der Waals surface area contributed by atoms with Crippen LogP contribution in [0.3, 0.4) is 0 Å². The second-order valence-electron chi connectivity index (χ2n) is 8.98. The van der Waals surface area contributed by atoms with Crippen molar-refractivity contribution in [1.29, 1.82) is 0 Å². The van der Waals surface area contributed by atoms with Gasteiger partial charge in [-0.3, -0.25) is 10.3 Å². The first-order valence-corrected chi connectivity index (χ1v) is 12.7. The highest BCUT2D eigenvalue weighted by molar-refractivity contribution is 7.22. The van der Waals surface area contributed by atoms with Crippen molar-refractivity contribution in [2.45, 2.75) is 26.4 Å². The SMILES string of the molecule is COc1cnc2c(-c3nc4cc(F)c5c(c4s3)C[C@H](COC(=O)Nc3cnc(C)nc3)O5)cc(C)cc2c1. The molecule has 6 rings (SSSR count). The fraction of sp³-hybridized carbons (Fsp3) is 0.222. The monoisotopic (exact) mass is 531 g/mol. The van der Waals surface area contributed by atoms with E-state index in [0.717, 1.165) is 37.3 Å². The fourth-order valence-electron chi connectivity index (χ4n) is 4.47. The maximum atomic E-state index is 15.0. The minimum absolute atomic E-state index is 0.0475. The van der Waals surface area contributed by atoms with Gasteiger partial charge >= 0.3 is 6.09 Å². The van der Waals surface area contributed by atoms with Crippen LogP contribution in [-0.2, 0) is 11.2 Å². The van der Waals surface area contributed by atoms with E-state index in [0.29, 0.717) is 29.2 Å². The summed E-state index contributed by atoms with van der Waals surface area (Å²) in [5, 5.41) is 4.24. The van der Waals surface area contributed by atoms with E-state index >= 15 is 4.39 Å². The molecule has 1 aliphatic rings. The third kappa shape index (κ3) is 4.45. The van der Waals surface area contributed by atoms with E-state index < -0.39 is 18.0 Å². The first-order valence-electron chi connectivity index (χ1n) is 11.8. The number of halogens is 1. The minimum Gasteiger partial charge on any atom is -0.495 e. The number of fused-ring (bicyclic) bond motifs is 4. The van der Waals surface area contributed by atoms with E-state index in [1.807, 2.05) is 25.1 Å². The van der Waals surface area contributed by atoms with Crippen molar-refractivity contribution in [3.63, 3.8) is 0 Å². The first kappa shape index (κ1) is 24.0. The van der Waals surface area contributed by atoms with E-state index in [2.05, 4.69) is 20.3 Å². The van der Waals surface area contributed by atoms with E-state index in [9.17, 15) is 4.79 Å². The highest BCUT2D eigenvalue weighted by Crippen LogP contribution is 2.43. The summed E-state index contributed by atoms with van der Waals surface area (Å²) in [6.07, 6.45) is 3.84. The summed E-state index contributed by atoms with van der Waals surface area (Å²) < 4.78 is 32.3. The van der Waals surface area contributed by atoms with Crippen molar-refractivity contribution in [2.24, 2.45) is 0 Å². The van der Waals surface area contributed by atoms with Crippen LogP contribution in [0.15, 0.2) is 42.9 Å². The highest BCUT2D eigenvalue weighted by atomic mass is 32.1. The molecule has 0 bridgehead atoms. The number of pyridine rings is 1. The Hall–Kier alpha value is -4.38. The Balaban J connectivity index is 1.25. The Kier molecular flexibility index (Phi) is 5.99. The van der Waals surface area contributed by atoms with Gasteiger partial charge in [0.1, 0.15) is 29.3 Å². The molecule has 1 amide bonds. The number of carbonyl (C=O) groups is 1. The second-order valence-corrected chi connectivity index (χ2v) is 9.98. The lowest BCUT2D eigenvalue weighted by molar-refractivity contribution is 0.100. The van der Waals surface area contributed by atoms with Crippen molar-refractivity contribution in [1.82, 2.24) is 19.9 Å². The standard InChI is InChI=1S/C27H22FN5O4S/c1-13-4-15-6-17(35-3)11-31-23(15)19(5-13)26-33-22-8-21(28)24-20(25(22)38-26)7-18(37-24)12-36-27(34)32-16-9-29-14(2)30-10-16/h4-6,8-11,18H,7,12H2,1-3H3,(H,32,34)/t18-/m1/s1. The molecule has 0 spiro atoms. The maximum Gasteiger partial charge on any atom is 0.411 e.